The molecule has 20 heavy (non-hydrogen) atoms. The summed E-state index contributed by atoms with van der Waals surface area (Å²) >= 11 is 6.16. The van der Waals surface area contributed by atoms with Crippen LogP contribution in [0.3, 0.4) is 0 Å². The summed E-state index contributed by atoms with van der Waals surface area (Å²) in [6.45, 7) is 6.60. The molecule has 1 aromatic rings. The van der Waals surface area contributed by atoms with E-state index in [1.807, 2.05) is 6.07 Å². The Hall–Kier alpha value is -0.570. The summed E-state index contributed by atoms with van der Waals surface area (Å²) in [5.41, 5.74) is 3.09. The highest BCUT2D eigenvalue weighted by atomic mass is 35.5. The molecule has 0 aromatic heterocycles. The van der Waals surface area contributed by atoms with Crippen molar-refractivity contribution in [3.8, 4) is 0 Å². The fourth-order valence-electron chi connectivity index (χ4n) is 3.19. The molecule has 2 nitrogen and oxygen atoms in total. The molecule has 1 aliphatic carbocycles. The number of rotatable bonds is 7. The number of halogens is 1. The van der Waals surface area contributed by atoms with E-state index in [4.69, 9.17) is 16.3 Å². The number of hydrogen-bond donors (Lipinski definition) is 1. The first-order chi connectivity index (χ1) is 9.54. The van der Waals surface area contributed by atoms with Crippen molar-refractivity contribution >= 4 is 11.6 Å². The topological polar surface area (TPSA) is 21.3 Å². The Labute approximate surface area is 127 Å². The largest absolute Gasteiger partial charge is 0.385 e. The van der Waals surface area contributed by atoms with Crippen molar-refractivity contribution in [2.75, 3.05) is 20.3 Å². The van der Waals surface area contributed by atoms with Gasteiger partial charge in [0.05, 0.1) is 0 Å². The average Bonchev–Trinajstić information content (AvgIpc) is 2.64. The molecule has 0 heterocycles. The van der Waals surface area contributed by atoms with Crippen molar-refractivity contribution in [3.05, 3.63) is 34.3 Å². The zero-order valence-corrected chi connectivity index (χ0v) is 13.6. The molecule has 0 bridgehead atoms. The summed E-state index contributed by atoms with van der Waals surface area (Å²) in [5.74, 6) is 0. The Morgan fingerprint density at radius 1 is 1.30 bits per heavy atom. The molecule has 112 valence electrons. The Bertz CT molecular complexity index is 445. The number of hydrogen-bond acceptors (Lipinski definition) is 2. The van der Waals surface area contributed by atoms with Crippen molar-refractivity contribution < 1.29 is 4.74 Å². The van der Waals surface area contributed by atoms with Gasteiger partial charge in [-0.3, -0.25) is 0 Å². The predicted molar refractivity (Wildman–Crippen MR) is 85.4 cm³/mol. The lowest BCUT2D eigenvalue weighted by molar-refractivity contribution is 0.191. The van der Waals surface area contributed by atoms with Gasteiger partial charge in [-0.1, -0.05) is 31.5 Å². The average molecular weight is 296 g/mol. The van der Waals surface area contributed by atoms with E-state index in [0.717, 1.165) is 31.0 Å². The van der Waals surface area contributed by atoms with E-state index in [2.05, 4.69) is 31.3 Å². The van der Waals surface area contributed by atoms with Crippen LogP contribution < -0.4 is 5.32 Å². The first kappa shape index (κ1) is 15.8. The molecular formula is C17H26ClNO. The van der Waals surface area contributed by atoms with Gasteiger partial charge in [-0.15, -0.1) is 0 Å². The van der Waals surface area contributed by atoms with E-state index >= 15 is 0 Å². The highest BCUT2D eigenvalue weighted by Gasteiger charge is 2.38. The number of methoxy groups -OCH3 is 1. The van der Waals surface area contributed by atoms with Gasteiger partial charge in [0, 0.05) is 24.8 Å². The van der Waals surface area contributed by atoms with Crippen LogP contribution in [0.1, 0.15) is 50.3 Å². The lowest BCUT2D eigenvalue weighted by Crippen LogP contribution is -2.31. The highest BCUT2D eigenvalue weighted by Crippen LogP contribution is 2.45. The van der Waals surface area contributed by atoms with Crippen LogP contribution in [-0.4, -0.2) is 20.3 Å². The van der Waals surface area contributed by atoms with Crippen LogP contribution in [0, 0.1) is 5.41 Å². The molecule has 1 atom stereocenters. The lowest BCUT2D eigenvalue weighted by atomic mass is 9.85. The molecule has 0 saturated heterocycles. The molecule has 0 spiro atoms. The molecule has 1 N–H and O–H groups in total. The molecule has 0 radical (unpaired) electrons. The van der Waals surface area contributed by atoms with Crippen molar-refractivity contribution in [3.63, 3.8) is 0 Å². The second-order valence-corrected chi connectivity index (χ2v) is 6.89. The molecule has 1 aliphatic rings. The third kappa shape index (κ3) is 3.75. The van der Waals surface area contributed by atoms with Gasteiger partial charge in [-0.25, -0.2) is 0 Å². The molecule has 1 unspecified atom stereocenters. The summed E-state index contributed by atoms with van der Waals surface area (Å²) in [7, 11) is 1.76. The number of nitrogens with one attached hydrogen (secondary N) is 1. The maximum atomic E-state index is 6.16. The van der Waals surface area contributed by atoms with Crippen LogP contribution in [0.2, 0.25) is 5.02 Å². The van der Waals surface area contributed by atoms with Gasteiger partial charge in [0.2, 0.25) is 0 Å². The molecular weight excluding hydrogens is 270 g/mol. The first-order valence-corrected chi connectivity index (χ1v) is 7.93. The zero-order valence-electron chi connectivity index (χ0n) is 12.8. The molecule has 0 fully saturated rings. The summed E-state index contributed by atoms with van der Waals surface area (Å²) in [6, 6.07) is 6.73. The molecule has 0 amide bonds. The number of ether oxygens (including phenoxy) is 1. The summed E-state index contributed by atoms with van der Waals surface area (Å²) in [4.78, 5) is 0. The first-order valence-electron chi connectivity index (χ1n) is 7.55. The van der Waals surface area contributed by atoms with E-state index in [-0.39, 0.29) is 5.41 Å². The maximum Gasteiger partial charge on any atom is 0.0462 e. The van der Waals surface area contributed by atoms with E-state index in [1.54, 1.807) is 7.11 Å². The molecule has 3 heteroatoms. The van der Waals surface area contributed by atoms with Gasteiger partial charge >= 0.3 is 0 Å². The van der Waals surface area contributed by atoms with Gasteiger partial charge < -0.3 is 10.1 Å². The van der Waals surface area contributed by atoms with E-state index in [1.165, 1.54) is 24.0 Å². The van der Waals surface area contributed by atoms with Crippen molar-refractivity contribution in [1.82, 2.24) is 5.32 Å². The van der Waals surface area contributed by atoms with Gasteiger partial charge in [-0.05, 0) is 60.9 Å². The van der Waals surface area contributed by atoms with Gasteiger partial charge in [0.25, 0.3) is 0 Å². The molecule has 2 rings (SSSR count). The summed E-state index contributed by atoms with van der Waals surface area (Å²) in [6.07, 6.45) is 4.69. The normalized spacial score (nSPS) is 20.1. The van der Waals surface area contributed by atoms with Crippen molar-refractivity contribution in [2.45, 2.75) is 45.6 Å². The Balaban J connectivity index is 1.91. The number of unbranched alkanes of at least 4 members (excludes halogenated alkanes) is 2. The Kier molecular flexibility index (Phi) is 5.48. The van der Waals surface area contributed by atoms with E-state index < -0.39 is 0 Å². The SMILES string of the molecule is COCCCCCNC1c2cc(Cl)ccc2CC1(C)C. The van der Waals surface area contributed by atoms with Crippen molar-refractivity contribution in [1.29, 1.82) is 0 Å². The predicted octanol–water partition coefficient (Wildman–Crippen LogP) is 4.37. The van der Waals surface area contributed by atoms with Gasteiger partial charge in [0.1, 0.15) is 0 Å². The molecule has 0 saturated carbocycles. The van der Waals surface area contributed by atoms with Crippen LogP contribution in [0.4, 0.5) is 0 Å². The minimum atomic E-state index is 0.263. The van der Waals surface area contributed by atoms with Crippen LogP contribution in [0.25, 0.3) is 0 Å². The monoisotopic (exact) mass is 295 g/mol. The standard InChI is InChI=1S/C17H26ClNO/c1-17(2)12-13-7-8-14(18)11-15(13)16(17)19-9-5-4-6-10-20-3/h7-8,11,16,19H,4-6,9-10,12H2,1-3H3. The lowest BCUT2D eigenvalue weighted by Gasteiger charge is -2.28. The van der Waals surface area contributed by atoms with E-state index in [0.29, 0.717) is 6.04 Å². The van der Waals surface area contributed by atoms with Crippen LogP contribution >= 0.6 is 11.6 Å². The Morgan fingerprint density at radius 3 is 2.85 bits per heavy atom. The van der Waals surface area contributed by atoms with Gasteiger partial charge in [0.15, 0.2) is 0 Å². The zero-order chi connectivity index (χ0) is 14.6. The third-order valence-electron chi connectivity index (χ3n) is 4.22. The maximum absolute atomic E-state index is 6.16. The fraction of sp³-hybridized carbons (Fsp3) is 0.647. The minimum Gasteiger partial charge on any atom is -0.385 e. The molecule has 1 aromatic carbocycles. The molecule has 0 aliphatic heterocycles. The van der Waals surface area contributed by atoms with Crippen LogP contribution in [-0.2, 0) is 11.2 Å². The van der Waals surface area contributed by atoms with Gasteiger partial charge in [-0.2, -0.15) is 0 Å². The Morgan fingerprint density at radius 2 is 2.10 bits per heavy atom. The van der Waals surface area contributed by atoms with E-state index in [9.17, 15) is 0 Å². The number of benzene rings is 1. The number of fused-ring (bicyclic) bond motifs is 1. The summed E-state index contributed by atoms with van der Waals surface area (Å²) < 4.78 is 5.08. The minimum absolute atomic E-state index is 0.263. The second-order valence-electron chi connectivity index (χ2n) is 6.45. The highest BCUT2D eigenvalue weighted by molar-refractivity contribution is 6.30. The van der Waals surface area contributed by atoms with Crippen molar-refractivity contribution in [2.24, 2.45) is 5.41 Å². The van der Waals surface area contributed by atoms with Crippen LogP contribution in [0.5, 0.6) is 0 Å². The van der Waals surface area contributed by atoms with Crippen LogP contribution in [0.15, 0.2) is 18.2 Å². The second kappa shape index (κ2) is 6.93. The summed E-state index contributed by atoms with van der Waals surface area (Å²) in [5, 5.41) is 4.57. The smallest absolute Gasteiger partial charge is 0.0462 e. The third-order valence-corrected chi connectivity index (χ3v) is 4.46. The fourth-order valence-corrected chi connectivity index (χ4v) is 3.37. The quantitative estimate of drug-likeness (QED) is 0.754.